The highest BCUT2D eigenvalue weighted by atomic mass is 33.1. The molecule has 9 heteroatoms. The molecule has 0 fully saturated rings. The summed E-state index contributed by atoms with van der Waals surface area (Å²) in [5, 5.41) is 12.5. The van der Waals surface area contributed by atoms with Crippen LogP contribution in [-0.2, 0) is 11.3 Å². The van der Waals surface area contributed by atoms with Gasteiger partial charge in [-0.2, -0.15) is 0 Å². The van der Waals surface area contributed by atoms with Crippen molar-refractivity contribution in [3.8, 4) is 0 Å². The van der Waals surface area contributed by atoms with Gasteiger partial charge in [-0.25, -0.2) is 14.8 Å². The summed E-state index contributed by atoms with van der Waals surface area (Å²) in [6, 6.07) is 7.84. The van der Waals surface area contributed by atoms with Crippen LogP contribution in [0.2, 0.25) is 0 Å². The zero-order valence-electron chi connectivity index (χ0n) is 15.9. The van der Waals surface area contributed by atoms with E-state index in [0.29, 0.717) is 28.8 Å². The second-order valence-corrected chi connectivity index (χ2v) is 9.30. The van der Waals surface area contributed by atoms with Crippen LogP contribution >= 0.6 is 21.6 Å². The van der Waals surface area contributed by atoms with Gasteiger partial charge in [-0.05, 0) is 12.0 Å². The van der Waals surface area contributed by atoms with Crippen molar-refractivity contribution < 1.29 is 14.6 Å². The summed E-state index contributed by atoms with van der Waals surface area (Å²) < 4.78 is 7.34. The first-order chi connectivity index (χ1) is 13.6. The molecule has 0 aliphatic heterocycles. The molecule has 1 amide bonds. The molecular weight excluding hydrogens is 396 g/mol. The highest BCUT2D eigenvalue weighted by Gasteiger charge is 2.16. The predicted octanol–water partition coefficient (Wildman–Crippen LogP) is 4.16. The first kappa shape index (κ1) is 20.8. The van der Waals surface area contributed by atoms with Gasteiger partial charge >= 0.3 is 6.09 Å². The molecule has 0 spiro atoms. The molecule has 2 aromatic heterocycles. The van der Waals surface area contributed by atoms with Gasteiger partial charge in [-0.3, -0.25) is 5.32 Å². The third-order valence-corrected chi connectivity index (χ3v) is 6.24. The fourth-order valence-corrected chi connectivity index (χ4v) is 4.45. The molecule has 1 aromatic carbocycles. The molecule has 0 aliphatic carbocycles. The zero-order chi connectivity index (χ0) is 19.9. The van der Waals surface area contributed by atoms with E-state index in [1.165, 1.54) is 0 Å². The average Bonchev–Trinajstić information content (AvgIpc) is 3.08. The number of aromatic nitrogens is 3. The Bertz CT molecular complexity index is 945. The van der Waals surface area contributed by atoms with E-state index in [1.54, 1.807) is 27.9 Å². The molecule has 0 saturated heterocycles. The first-order valence-electron chi connectivity index (χ1n) is 9.12. The van der Waals surface area contributed by atoms with Crippen molar-refractivity contribution in [2.24, 2.45) is 5.92 Å². The average molecular weight is 421 g/mol. The molecule has 0 atom stereocenters. The van der Waals surface area contributed by atoms with Crippen molar-refractivity contribution in [3.05, 3.63) is 30.6 Å². The number of nitrogens with one attached hydrogen (secondary N) is 1. The summed E-state index contributed by atoms with van der Waals surface area (Å²) in [5.41, 5.74) is 2.42. The monoisotopic (exact) mass is 420 g/mol. The number of benzene rings is 1. The lowest BCUT2D eigenvalue weighted by molar-refractivity contribution is 0.169. The Morgan fingerprint density at radius 3 is 2.86 bits per heavy atom. The van der Waals surface area contributed by atoms with Gasteiger partial charge in [0, 0.05) is 23.4 Å². The number of hydrogen-bond acceptors (Lipinski definition) is 7. The Kier molecular flexibility index (Phi) is 7.41. The number of pyridine rings is 1. The second-order valence-electron chi connectivity index (χ2n) is 6.59. The number of ether oxygens (including phenoxy) is 1. The molecule has 7 nitrogen and oxygen atoms in total. The van der Waals surface area contributed by atoms with Crippen LogP contribution in [0.3, 0.4) is 0 Å². The van der Waals surface area contributed by atoms with Crippen molar-refractivity contribution in [1.82, 2.24) is 14.5 Å². The number of aliphatic hydroxyl groups excluding tert-OH is 1. The van der Waals surface area contributed by atoms with Gasteiger partial charge < -0.3 is 14.4 Å². The number of fused-ring (bicyclic) bond motifs is 3. The lowest BCUT2D eigenvalue weighted by Gasteiger charge is -2.11. The molecule has 3 aromatic rings. The number of carbonyl (C=O) groups is 1. The summed E-state index contributed by atoms with van der Waals surface area (Å²) in [5.74, 6) is 2.19. The van der Waals surface area contributed by atoms with E-state index in [9.17, 15) is 4.79 Å². The van der Waals surface area contributed by atoms with E-state index in [4.69, 9.17) is 9.84 Å². The Balaban J connectivity index is 1.79. The number of imidazole rings is 1. The zero-order valence-corrected chi connectivity index (χ0v) is 17.6. The van der Waals surface area contributed by atoms with Crippen LogP contribution in [0.15, 0.2) is 30.6 Å². The van der Waals surface area contributed by atoms with Crippen LogP contribution in [0.1, 0.15) is 13.8 Å². The van der Waals surface area contributed by atoms with E-state index >= 15 is 0 Å². The number of anilines is 1. The third-order valence-electron chi connectivity index (χ3n) is 3.89. The second kappa shape index (κ2) is 9.99. The maximum atomic E-state index is 12.2. The lowest BCUT2D eigenvalue weighted by Crippen LogP contribution is -2.16. The fraction of sp³-hybridized carbons (Fsp3) is 0.421. The van der Waals surface area contributed by atoms with E-state index in [2.05, 4.69) is 33.7 Å². The Morgan fingerprint density at radius 1 is 1.29 bits per heavy atom. The summed E-state index contributed by atoms with van der Waals surface area (Å²) in [6.07, 6.45) is 1.25. The summed E-state index contributed by atoms with van der Waals surface area (Å²) in [7, 11) is 3.11. The summed E-state index contributed by atoms with van der Waals surface area (Å²) >= 11 is 0. The number of amides is 1. The van der Waals surface area contributed by atoms with E-state index in [1.807, 2.05) is 24.3 Å². The molecule has 0 radical (unpaired) electrons. The van der Waals surface area contributed by atoms with Crippen LogP contribution in [0, 0.1) is 5.92 Å². The molecule has 0 aliphatic rings. The van der Waals surface area contributed by atoms with Gasteiger partial charge in [0.15, 0.2) is 5.82 Å². The van der Waals surface area contributed by atoms with Gasteiger partial charge in [0.1, 0.15) is 12.1 Å². The van der Waals surface area contributed by atoms with Gasteiger partial charge in [-0.15, -0.1) is 0 Å². The molecule has 2 N–H and O–H groups in total. The van der Waals surface area contributed by atoms with E-state index in [-0.39, 0.29) is 13.2 Å². The quantitative estimate of drug-likeness (QED) is 0.397. The first-order valence-corrected chi connectivity index (χ1v) is 11.6. The smallest absolute Gasteiger partial charge is 0.412 e. The van der Waals surface area contributed by atoms with Gasteiger partial charge in [0.25, 0.3) is 0 Å². The van der Waals surface area contributed by atoms with Crippen LogP contribution in [-0.4, -0.2) is 50.5 Å². The largest absolute Gasteiger partial charge is 0.448 e. The molecular formula is C19H24N4O3S2. The lowest BCUT2D eigenvalue weighted by atomic mass is 10.1. The van der Waals surface area contributed by atoms with Crippen molar-refractivity contribution in [2.45, 2.75) is 20.4 Å². The standard InChI is InChI=1S/C19H24N4O3S2/c1-13(2)11-23-12-20-16-17(23)14-5-3-4-6-15(14)21-18(16)22-19(25)26-8-10-28-27-9-7-24/h3-6,12-13,24H,7-11H2,1-2H3,(H,21,22,25). The topological polar surface area (TPSA) is 89.3 Å². The Hall–Kier alpha value is -1.97. The third kappa shape index (κ3) is 5.09. The Morgan fingerprint density at radius 2 is 2.07 bits per heavy atom. The SMILES string of the molecule is CC(C)Cn1cnc2c(NC(=O)OCCSSCCO)nc3ccccc3c21. The van der Waals surface area contributed by atoms with Crippen molar-refractivity contribution >= 4 is 55.4 Å². The number of hydrogen-bond donors (Lipinski definition) is 2. The molecule has 0 unspecified atom stereocenters. The van der Waals surface area contributed by atoms with Crippen molar-refractivity contribution in [2.75, 3.05) is 30.0 Å². The molecule has 0 bridgehead atoms. The molecule has 2 heterocycles. The number of rotatable bonds is 9. The summed E-state index contributed by atoms with van der Waals surface area (Å²) in [6.45, 7) is 5.57. The van der Waals surface area contributed by atoms with E-state index in [0.717, 1.165) is 23.0 Å². The number of para-hydroxylation sites is 1. The highest BCUT2D eigenvalue weighted by Crippen LogP contribution is 2.29. The van der Waals surface area contributed by atoms with Crippen LogP contribution < -0.4 is 5.32 Å². The highest BCUT2D eigenvalue weighted by molar-refractivity contribution is 8.76. The van der Waals surface area contributed by atoms with Crippen LogP contribution in [0.4, 0.5) is 10.6 Å². The van der Waals surface area contributed by atoms with Crippen LogP contribution in [0.25, 0.3) is 21.9 Å². The van der Waals surface area contributed by atoms with Gasteiger partial charge in [0.05, 0.1) is 24.0 Å². The summed E-state index contributed by atoms with van der Waals surface area (Å²) in [4.78, 5) is 21.3. The van der Waals surface area contributed by atoms with E-state index < -0.39 is 6.09 Å². The van der Waals surface area contributed by atoms with Crippen LogP contribution in [0.5, 0.6) is 0 Å². The normalized spacial score (nSPS) is 11.4. The van der Waals surface area contributed by atoms with Crippen molar-refractivity contribution in [3.63, 3.8) is 0 Å². The maximum absolute atomic E-state index is 12.2. The van der Waals surface area contributed by atoms with Gasteiger partial charge in [0.2, 0.25) is 0 Å². The minimum absolute atomic E-state index is 0.145. The minimum atomic E-state index is -0.546. The van der Waals surface area contributed by atoms with Gasteiger partial charge in [-0.1, -0.05) is 53.6 Å². The molecule has 28 heavy (non-hydrogen) atoms. The fourth-order valence-electron chi connectivity index (χ4n) is 2.86. The number of aliphatic hydroxyl groups is 1. The predicted molar refractivity (Wildman–Crippen MR) is 117 cm³/mol. The number of nitrogens with zero attached hydrogens (tertiary/aromatic N) is 3. The molecule has 150 valence electrons. The molecule has 0 saturated carbocycles. The minimum Gasteiger partial charge on any atom is -0.448 e. The Labute approximate surface area is 171 Å². The maximum Gasteiger partial charge on any atom is 0.412 e. The molecule has 3 rings (SSSR count). The number of carbonyl (C=O) groups excluding carboxylic acids is 1. The van der Waals surface area contributed by atoms with Crippen molar-refractivity contribution in [1.29, 1.82) is 0 Å².